The first kappa shape index (κ1) is 14.2. The first-order chi connectivity index (χ1) is 9.10. The maximum absolute atomic E-state index is 12.3. The molecule has 104 valence electrons. The number of halogens is 1. The van der Waals surface area contributed by atoms with Gasteiger partial charge in [-0.1, -0.05) is 18.5 Å². The fourth-order valence-corrected chi connectivity index (χ4v) is 2.60. The molecule has 1 saturated heterocycles. The first-order valence-corrected chi connectivity index (χ1v) is 7.01. The number of hydrogen-bond acceptors (Lipinski definition) is 2. The second-order valence-corrected chi connectivity index (χ2v) is 5.59. The topological polar surface area (TPSA) is 58.4 Å². The molecular formula is C14H20ClN3O. The highest BCUT2D eigenvalue weighted by atomic mass is 35.5. The van der Waals surface area contributed by atoms with Crippen molar-refractivity contribution < 1.29 is 4.79 Å². The van der Waals surface area contributed by atoms with Crippen LogP contribution in [0.25, 0.3) is 0 Å². The Kier molecular flexibility index (Phi) is 4.66. The van der Waals surface area contributed by atoms with Crippen LogP contribution in [-0.4, -0.2) is 30.1 Å². The molecule has 1 aliphatic heterocycles. The minimum absolute atomic E-state index is 0.0790. The number of carbonyl (C=O) groups is 1. The lowest BCUT2D eigenvalue weighted by atomic mass is 9.93. The second kappa shape index (κ2) is 6.26. The van der Waals surface area contributed by atoms with E-state index in [1.807, 2.05) is 4.90 Å². The summed E-state index contributed by atoms with van der Waals surface area (Å²) in [6.45, 7) is 3.48. The van der Waals surface area contributed by atoms with Crippen molar-refractivity contribution in [2.24, 2.45) is 11.7 Å². The summed E-state index contributed by atoms with van der Waals surface area (Å²) in [4.78, 5) is 14.1. The number of nitrogens with two attached hydrogens (primary N) is 1. The summed E-state index contributed by atoms with van der Waals surface area (Å²) in [5.41, 5.74) is 6.52. The summed E-state index contributed by atoms with van der Waals surface area (Å²) >= 11 is 5.82. The zero-order valence-electron chi connectivity index (χ0n) is 11.1. The molecular weight excluding hydrogens is 262 g/mol. The number of piperidine rings is 1. The molecule has 5 heteroatoms. The molecule has 0 spiro atoms. The second-order valence-electron chi connectivity index (χ2n) is 5.15. The number of nitrogens with zero attached hydrogens (tertiary/aromatic N) is 1. The molecule has 0 aromatic heterocycles. The number of urea groups is 1. The summed E-state index contributed by atoms with van der Waals surface area (Å²) in [7, 11) is 0. The van der Waals surface area contributed by atoms with Crippen molar-refractivity contribution in [1.29, 1.82) is 0 Å². The van der Waals surface area contributed by atoms with Gasteiger partial charge in [0.25, 0.3) is 0 Å². The molecule has 2 rings (SSSR count). The van der Waals surface area contributed by atoms with E-state index in [1.165, 1.54) is 0 Å². The van der Waals surface area contributed by atoms with E-state index in [9.17, 15) is 4.79 Å². The Morgan fingerprint density at radius 1 is 1.47 bits per heavy atom. The van der Waals surface area contributed by atoms with Crippen LogP contribution in [0.2, 0.25) is 5.02 Å². The summed E-state index contributed by atoms with van der Waals surface area (Å²) < 4.78 is 0. The highest BCUT2D eigenvalue weighted by molar-refractivity contribution is 6.30. The molecule has 1 aliphatic rings. The number of rotatable bonds is 2. The van der Waals surface area contributed by atoms with Crippen LogP contribution in [0.5, 0.6) is 0 Å². The van der Waals surface area contributed by atoms with Crippen molar-refractivity contribution in [2.75, 3.05) is 18.4 Å². The third-order valence-electron chi connectivity index (χ3n) is 3.61. The Morgan fingerprint density at radius 3 is 2.79 bits per heavy atom. The van der Waals surface area contributed by atoms with Gasteiger partial charge in [0, 0.05) is 29.8 Å². The summed E-state index contributed by atoms with van der Waals surface area (Å²) in [6.07, 6.45) is 2.01. The van der Waals surface area contributed by atoms with E-state index < -0.39 is 0 Å². The van der Waals surface area contributed by atoms with Gasteiger partial charge in [0.2, 0.25) is 0 Å². The van der Waals surface area contributed by atoms with Crippen molar-refractivity contribution in [3.63, 3.8) is 0 Å². The fourth-order valence-electron chi connectivity index (χ4n) is 2.47. The largest absolute Gasteiger partial charge is 0.328 e. The van der Waals surface area contributed by atoms with E-state index in [1.54, 1.807) is 24.3 Å². The van der Waals surface area contributed by atoms with Crippen LogP contribution in [0, 0.1) is 5.92 Å². The van der Waals surface area contributed by atoms with Gasteiger partial charge < -0.3 is 16.0 Å². The molecule has 0 saturated carbocycles. The Labute approximate surface area is 118 Å². The van der Waals surface area contributed by atoms with Crippen LogP contribution in [-0.2, 0) is 0 Å². The van der Waals surface area contributed by atoms with Gasteiger partial charge in [0.05, 0.1) is 0 Å². The Bertz CT molecular complexity index is 435. The minimum atomic E-state index is -0.0790. The number of carbonyl (C=O) groups excluding carboxylic acids is 1. The highest BCUT2D eigenvalue weighted by Gasteiger charge is 2.28. The molecule has 3 N–H and O–H groups in total. The normalized spacial score (nSPS) is 23.2. The summed E-state index contributed by atoms with van der Waals surface area (Å²) in [5, 5.41) is 3.55. The smallest absolute Gasteiger partial charge is 0.322 e. The summed E-state index contributed by atoms with van der Waals surface area (Å²) in [6, 6.07) is 7.17. The molecule has 0 radical (unpaired) electrons. The molecule has 4 nitrogen and oxygen atoms in total. The highest BCUT2D eigenvalue weighted by Crippen LogP contribution is 2.23. The van der Waals surface area contributed by atoms with E-state index in [0.717, 1.165) is 25.1 Å². The van der Waals surface area contributed by atoms with Gasteiger partial charge in [-0.05, 0) is 43.0 Å². The van der Waals surface area contributed by atoms with E-state index in [-0.39, 0.29) is 12.1 Å². The van der Waals surface area contributed by atoms with Gasteiger partial charge in [-0.2, -0.15) is 0 Å². The number of likely N-dealkylation sites (tertiary alicyclic amines) is 1. The molecule has 19 heavy (non-hydrogen) atoms. The quantitative estimate of drug-likeness (QED) is 0.876. The zero-order valence-corrected chi connectivity index (χ0v) is 11.9. The maximum Gasteiger partial charge on any atom is 0.322 e. The van der Waals surface area contributed by atoms with Gasteiger partial charge in [-0.15, -0.1) is 0 Å². The number of nitrogens with one attached hydrogen (secondary N) is 1. The third kappa shape index (κ3) is 3.61. The lowest BCUT2D eigenvalue weighted by Gasteiger charge is -2.37. The van der Waals surface area contributed by atoms with E-state index in [2.05, 4.69) is 12.2 Å². The lowest BCUT2D eigenvalue weighted by molar-refractivity contribution is 0.145. The molecule has 1 fully saturated rings. The number of anilines is 1. The van der Waals surface area contributed by atoms with Crippen molar-refractivity contribution in [1.82, 2.24) is 4.90 Å². The first-order valence-electron chi connectivity index (χ1n) is 6.63. The average molecular weight is 282 g/mol. The molecule has 1 heterocycles. The molecule has 2 atom stereocenters. The van der Waals surface area contributed by atoms with E-state index in [4.69, 9.17) is 17.3 Å². The van der Waals surface area contributed by atoms with Gasteiger partial charge in [-0.3, -0.25) is 0 Å². The van der Waals surface area contributed by atoms with Crippen LogP contribution in [0.3, 0.4) is 0 Å². The van der Waals surface area contributed by atoms with Crippen molar-refractivity contribution >= 4 is 23.3 Å². The number of hydrogen-bond donors (Lipinski definition) is 2. The molecule has 0 bridgehead atoms. The fraction of sp³-hybridized carbons (Fsp3) is 0.500. The maximum atomic E-state index is 12.3. The minimum Gasteiger partial charge on any atom is -0.328 e. The molecule has 1 aromatic carbocycles. The predicted molar refractivity (Wildman–Crippen MR) is 78.4 cm³/mol. The summed E-state index contributed by atoms with van der Waals surface area (Å²) in [5.74, 6) is 0.633. The SMILES string of the molecule is CC1CCN(C(=O)Nc2ccc(Cl)cc2)C(CN)C1. The van der Waals surface area contributed by atoms with Crippen LogP contribution < -0.4 is 11.1 Å². The van der Waals surface area contributed by atoms with Gasteiger partial charge in [0.1, 0.15) is 0 Å². The third-order valence-corrected chi connectivity index (χ3v) is 3.86. The van der Waals surface area contributed by atoms with Gasteiger partial charge in [0.15, 0.2) is 0 Å². The lowest BCUT2D eigenvalue weighted by Crippen LogP contribution is -2.50. The average Bonchev–Trinajstić information content (AvgIpc) is 2.41. The van der Waals surface area contributed by atoms with Crippen molar-refractivity contribution in [3.8, 4) is 0 Å². The molecule has 0 aliphatic carbocycles. The van der Waals surface area contributed by atoms with Gasteiger partial charge in [-0.25, -0.2) is 4.79 Å². The molecule has 2 amide bonds. The van der Waals surface area contributed by atoms with Crippen molar-refractivity contribution in [3.05, 3.63) is 29.3 Å². The van der Waals surface area contributed by atoms with Crippen molar-refractivity contribution in [2.45, 2.75) is 25.8 Å². The molecule has 2 unspecified atom stereocenters. The Hall–Kier alpha value is -1.26. The standard InChI is InChI=1S/C14H20ClN3O/c1-10-6-7-18(13(8-10)9-16)14(19)17-12-4-2-11(15)3-5-12/h2-5,10,13H,6-9,16H2,1H3,(H,17,19). The van der Waals surface area contributed by atoms with Crippen LogP contribution in [0.4, 0.5) is 10.5 Å². The number of benzene rings is 1. The monoisotopic (exact) mass is 281 g/mol. The van der Waals surface area contributed by atoms with E-state index in [0.29, 0.717) is 17.5 Å². The van der Waals surface area contributed by atoms with Gasteiger partial charge >= 0.3 is 6.03 Å². The van der Waals surface area contributed by atoms with E-state index >= 15 is 0 Å². The number of amides is 2. The van der Waals surface area contributed by atoms with Crippen LogP contribution >= 0.6 is 11.6 Å². The Balaban J connectivity index is 2.00. The Morgan fingerprint density at radius 2 is 2.16 bits per heavy atom. The predicted octanol–water partition coefficient (Wildman–Crippen LogP) is 2.93. The van der Waals surface area contributed by atoms with Crippen LogP contribution in [0.15, 0.2) is 24.3 Å². The van der Waals surface area contributed by atoms with Crippen LogP contribution in [0.1, 0.15) is 19.8 Å². The zero-order chi connectivity index (χ0) is 13.8. The molecule has 1 aromatic rings.